The summed E-state index contributed by atoms with van der Waals surface area (Å²) >= 11 is 0. The summed E-state index contributed by atoms with van der Waals surface area (Å²) in [4.78, 5) is 12.6. The van der Waals surface area contributed by atoms with Gasteiger partial charge in [-0.15, -0.1) is 0 Å². The van der Waals surface area contributed by atoms with Crippen molar-refractivity contribution in [3.8, 4) is 5.75 Å². The van der Waals surface area contributed by atoms with Crippen molar-refractivity contribution in [2.45, 2.75) is 4.90 Å². The average Bonchev–Trinajstić information content (AvgIpc) is 2.83. The van der Waals surface area contributed by atoms with Gasteiger partial charge in [0.25, 0.3) is 15.9 Å². The second-order valence-electron chi connectivity index (χ2n) is 7.23. The lowest BCUT2D eigenvalue weighted by Crippen LogP contribution is -2.14. The minimum atomic E-state index is -3.80. The number of rotatable bonds is 8. The number of hydrogen-bond donors (Lipinski definition) is 2. The first kappa shape index (κ1) is 22.1. The first-order valence-electron chi connectivity index (χ1n) is 10.2. The molecule has 0 aliphatic carbocycles. The minimum absolute atomic E-state index is 0.0946. The third-order valence-electron chi connectivity index (χ3n) is 4.94. The second kappa shape index (κ2) is 9.58. The third kappa shape index (κ3) is 5.22. The number of anilines is 2. The molecule has 0 saturated heterocycles. The minimum Gasteiger partial charge on any atom is -0.490 e. The Morgan fingerprint density at radius 2 is 1.58 bits per heavy atom. The molecule has 0 heterocycles. The molecule has 4 aromatic carbocycles. The molecule has 4 rings (SSSR count). The standard InChI is InChI=1S/C26H22N2O4S/c1-2-18-32-22-14-10-20(11-15-22)26(29)27-21-12-16-23(17-13-21)33(30,31)28-25-9-5-7-19-6-3-4-8-24(19)25/h2-17,28H,1,18H2,(H,27,29). The van der Waals surface area contributed by atoms with E-state index in [4.69, 9.17) is 4.74 Å². The van der Waals surface area contributed by atoms with Crippen molar-refractivity contribution in [3.05, 3.63) is 109 Å². The first-order chi connectivity index (χ1) is 16.0. The Balaban J connectivity index is 1.46. The normalized spacial score (nSPS) is 11.0. The van der Waals surface area contributed by atoms with Gasteiger partial charge in [0.15, 0.2) is 0 Å². The summed E-state index contributed by atoms with van der Waals surface area (Å²) in [5.41, 5.74) is 1.44. The van der Waals surface area contributed by atoms with Crippen molar-refractivity contribution in [2.75, 3.05) is 16.6 Å². The van der Waals surface area contributed by atoms with E-state index in [2.05, 4.69) is 16.6 Å². The number of hydrogen-bond acceptors (Lipinski definition) is 4. The Bertz CT molecular complexity index is 1390. The topological polar surface area (TPSA) is 84.5 Å². The lowest BCUT2D eigenvalue weighted by molar-refractivity contribution is 0.102. The van der Waals surface area contributed by atoms with Crippen LogP contribution in [0.1, 0.15) is 10.4 Å². The van der Waals surface area contributed by atoms with E-state index in [9.17, 15) is 13.2 Å². The Kier molecular flexibility index (Phi) is 6.42. The molecule has 1 amide bonds. The summed E-state index contributed by atoms with van der Waals surface area (Å²) in [6.45, 7) is 3.98. The van der Waals surface area contributed by atoms with Crippen molar-refractivity contribution in [1.29, 1.82) is 0 Å². The van der Waals surface area contributed by atoms with Crippen molar-refractivity contribution in [3.63, 3.8) is 0 Å². The fourth-order valence-corrected chi connectivity index (χ4v) is 4.38. The van der Waals surface area contributed by atoms with Crippen molar-refractivity contribution in [2.24, 2.45) is 0 Å². The fraction of sp³-hybridized carbons (Fsp3) is 0.0385. The molecule has 7 heteroatoms. The van der Waals surface area contributed by atoms with E-state index in [1.807, 2.05) is 30.3 Å². The summed E-state index contributed by atoms with van der Waals surface area (Å²) in [7, 11) is -3.80. The molecule has 166 valence electrons. The molecule has 6 nitrogen and oxygen atoms in total. The molecule has 0 radical (unpaired) electrons. The highest BCUT2D eigenvalue weighted by molar-refractivity contribution is 7.92. The van der Waals surface area contributed by atoms with Crippen LogP contribution in [0.25, 0.3) is 10.8 Å². The Morgan fingerprint density at radius 3 is 2.30 bits per heavy atom. The zero-order chi connectivity index (χ0) is 23.3. The third-order valence-corrected chi connectivity index (χ3v) is 6.32. The smallest absolute Gasteiger partial charge is 0.261 e. The molecule has 0 spiro atoms. The highest BCUT2D eigenvalue weighted by Crippen LogP contribution is 2.26. The highest BCUT2D eigenvalue weighted by Gasteiger charge is 2.16. The molecule has 4 aromatic rings. The molecule has 0 aromatic heterocycles. The molecular formula is C26H22N2O4S. The van der Waals surface area contributed by atoms with Gasteiger partial charge in [0.2, 0.25) is 0 Å². The molecule has 0 aliphatic heterocycles. The molecular weight excluding hydrogens is 436 g/mol. The first-order valence-corrected chi connectivity index (χ1v) is 11.7. The van der Waals surface area contributed by atoms with Gasteiger partial charge in [-0.3, -0.25) is 9.52 Å². The van der Waals surface area contributed by atoms with Crippen molar-refractivity contribution >= 4 is 38.1 Å². The maximum Gasteiger partial charge on any atom is 0.261 e. The van der Waals surface area contributed by atoms with Crippen LogP contribution >= 0.6 is 0 Å². The SMILES string of the molecule is C=CCOc1ccc(C(=O)Nc2ccc(S(=O)(=O)Nc3cccc4ccccc34)cc2)cc1. The van der Waals surface area contributed by atoms with Crippen LogP contribution in [0.2, 0.25) is 0 Å². The van der Waals surface area contributed by atoms with Crippen molar-refractivity contribution < 1.29 is 17.9 Å². The van der Waals surface area contributed by atoms with Crippen LogP contribution in [-0.4, -0.2) is 20.9 Å². The summed E-state index contributed by atoms with van der Waals surface area (Å²) in [6.07, 6.45) is 1.64. The van der Waals surface area contributed by atoms with Crippen LogP contribution in [0, 0.1) is 0 Å². The van der Waals surface area contributed by atoms with E-state index in [0.717, 1.165) is 10.8 Å². The van der Waals surface area contributed by atoms with E-state index in [0.29, 0.717) is 29.3 Å². The van der Waals surface area contributed by atoms with Gasteiger partial charge in [0, 0.05) is 16.6 Å². The van der Waals surface area contributed by atoms with Crippen LogP contribution in [-0.2, 0) is 10.0 Å². The lowest BCUT2D eigenvalue weighted by atomic mass is 10.1. The van der Waals surface area contributed by atoms with Crippen LogP contribution in [0.5, 0.6) is 5.75 Å². The Hall–Kier alpha value is -4.10. The number of fused-ring (bicyclic) bond motifs is 1. The summed E-state index contributed by atoms with van der Waals surface area (Å²) in [6, 6.07) is 25.7. The number of amides is 1. The number of ether oxygens (including phenoxy) is 1. The van der Waals surface area contributed by atoms with Crippen LogP contribution in [0.15, 0.2) is 109 Å². The Labute approximate surface area is 192 Å². The Morgan fingerprint density at radius 1 is 0.879 bits per heavy atom. The second-order valence-corrected chi connectivity index (χ2v) is 8.92. The number of carbonyl (C=O) groups excluding carboxylic acids is 1. The van der Waals surface area contributed by atoms with Gasteiger partial charge >= 0.3 is 0 Å². The zero-order valence-corrected chi connectivity index (χ0v) is 18.5. The van der Waals surface area contributed by atoms with E-state index < -0.39 is 10.0 Å². The van der Waals surface area contributed by atoms with Crippen LogP contribution in [0.3, 0.4) is 0 Å². The largest absolute Gasteiger partial charge is 0.490 e. The molecule has 0 bridgehead atoms. The van der Waals surface area contributed by atoms with E-state index >= 15 is 0 Å². The number of sulfonamides is 1. The molecule has 0 atom stereocenters. The van der Waals surface area contributed by atoms with Crippen molar-refractivity contribution in [1.82, 2.24) is 0 Å². The predicted octanol–water partition coefficient (Wildman–Crippen LogP) is 5.46. The molecule has 33 heavy (non-hydrogen) atoms. The molecule has 0 saturated carbocycles. The fourth-order valence-electron chi connectivity index (χ4n) is 3.30. The predicted molar refractivity (Wildman–Crippen MR) is 131 cm³/mol. The van der Waals surface area contributed by atoms with Gasteiger partial charge in [-0.25, -0.2) is 8.42 Å². The highest BCUT2D eigenvalue weighted by atomic mass is 32.2. The average molecular weight is 459 g/mol. The van der Waals surface area contributed by atoms with Gasteiger partial charge in [-0.1, -0.05) is 49.1 Å². The van der Waals surface area contributed by atoms with Gasteiger partial charge in [0.1, 0.15) is 12.4 Å². The van der Waals surface area contributed by atoms with Crippen LogP contribution < -0.4 is 14.8 Å². The summed E-state index contributed by atoms with van der Waals surface area (Å²) in [5, 5.41) is 4.52. The van der Waals surface area contributed by atoms with Gasteiger partial charge in [-0.05, 0) is 60.0 Å². The molecule has 0 fully saturated rings. The monoisotopic (exact) mass is 458 g/mol. The molecule has 0 aliphatic rings. The van der Waals surface area contributed by atoms with E-state index in [1.54, 1.807) is 54.6 Å². The number of carbonyl (C=O) groups is 1. The molecule has 0 unspecified atom stereocenters. The van der Waals surface area contributed by atoms with Gasteiger partial charge in [-0.2, -0.15) is 0 Å². The molecule has 2 N–H and O–H groups in total. The number of benzene rings is 4. The number of nitrogens with one attached hydrogen (secondary N) is 2. The van der Waals surface area contributed by atoms with Gasteiger partial charge < -0.3 is 10.1 Å². The zero-order valence-electron chi connectivity index (χ0n) is 17.7. The lowest BCUT2D eigenvalue weighted by Gasteiger charge is -2.12. The maximum absolute atomic E-state index is 12.9. The summed E-state index contributed by atoms with van der Waals surface area (Å²) in [5.74, 6) is 0.328. The van der Waals surface area contributed by atoms with Crippen LogP contribution in [0.4, 0.5) is 11.4 Å². The summed E-state index contributed by atoms with van der Waals surface area (Å²) < 4.78 is 33.8. The van der Waals surface area contributed by atoms with E-state index in [-0.39, 0.29) is 10.8 Å². The van der Waals surface area contributed by atoms with E-state index in [1.165, 1.54) is 12.1 Å². The van der Waals surface area contributed by atoms with Gasteiger partial charge in [0.05, 0.1) is 10.6 Å². The maximum atomic E-state index is 12.9. The quantitative estimate of drug-likeness (QED) is 0.344.